The van der Waals surface area contributed by atoms with E-state index in [1.165, 1.54) is 6.20 Å². The number of carbonyl (C=O) groups excluding carboxylic acids is 1. The fourth-order valence-electron chi connectivity index (χ4n) is 3.05. The van der Waals surface area contributed by atoms with Gasteiger partial charge in [-0.3, -0.25) is 9.78 Å². The van der Waals surface area contributed by atoms with Crippen molar-refractivity contribution in [1.82, 2.24) is 14.6 Å². The molecule has 1 aliphatic rings. The zero-order valence-corrected chi connectivity index (χ0v) is 15.3. The Kier molecular flexibility index (Phi) is 5.81. The molecule has 1 aromatic heterocycles. The molecular weight excluding hydrogens is 376 g/mol. The van der Waals surface area contributed by atoms with Crippen molar-refractivity contribution in [3.05, 3.63) is 59.9 Å². The summed E-state index contributed by atoms with van der Waals surface area (Å²) in [5.74, 6) is -2.39. The van der Waals surface area contributed by atoms with Crippen molar-refractivity contribution in [2.24, 2.45) is 5.92 Å². The predicted octanol–water partition coefficient (Wildman–Crippen LogP) is 2.19. The maximum Gasteiger partial charge on any atom is 0.255 e. The molecule has 1 amide bonds. The van der Waals surface area contributed by atoms with Crippen molar-refractivity contribution in [3.63, 3.8) is 0 Å². The summed E-state index contributed by atoms with van der Waals surface area (Å²) in [7, 11) is -4.28. The Bertz CT molecular complexity index is 894. The number of carbonyl (C=O) groups is 1. The second-order valence-electron chi connectivity index (χ2n) is 6.38. The zero-order chi connectivity index (χ0) is 19.4. The quantitative estimate of drug-likeness (QED) is 0.842. The first-order valence-electron chi connectivity index (χ1n) is 8.51. The Morgan fingerprint density at radius 1 is 1.15 bits per heavy atom. The molecule has 2 aromatic rings. The van der Waals surface area contributed by atoms with Crippen molar-refractivity contribution >= 4 is 15.9 Å². The van der Waals surface area contributed by atoms with Gasteiger partial charge in [-0.05, 0) is 43.0 Å². The summed E-state index contributed by atoms with van der Waals surface area (Å²) < 4.78 is 54.1. The Hall–Kier alpha value is -2.39. The average Bonchev–Trinajstić information content (AvgIpc) is 2.67. The molecule has 0 radical (unpaired) electrons. The number of piperidine rings is 1. The number of rotatable bonds is 5. The number of nitrogens with one attached hydrogen (secondary N) is 1. The van der Waals surface area contributed by atoms with E-state index in [2.05, 4.69) is 9.71 Å². The maximum atomic E-state index is 13.7. The van der Waals surface area contributed by atoms with Crippen LogP contribution in [0.3, 0.4) is 0 Å². The molecule has 1 saturated heterocycles. The molecule has 1 N–H and O–H groups in total. The van der Waals surface area contributed by atoms with E-state index in [9.17, 15) is 22.0 Å². The van der Waals surface area contributed by atoms with Gasteiger partial charge in [-0.2, -0.15) is 0 Å². The van der Waals surface area contributed by atoms with Gasteiger partial charge in [0.2, 0.25) is 10.0 Å². The minimum absolute atomic E-state index is 0.0208. The van der Waals surface area contributed by atoms with Gasteiger partial charge in [0.25, 0.3) is 5.91 Å². The molecule has 0 atom stereocenters. The zero-order valence-electron chi connectivity index (χ0n) is 14.4. The second-order valence-corrected chi connectivity index (χ2v) is 8.08. The third kappa shape index (κ3) is 4.48. The number of amides is 1. The monoisotopic (exact) mass is 395 g/mol. The first-order chi connectivity index (χ1) is 12.9. The van der Waals surface area contributed by atoms with Crippen LogP contribution in [-0.4, -0.2) is 43.8 Å². The Morgan fingerprint density at radius 3 is 2.41 bits per heavy atom. The Labute approximate surface area is 156 Å². The van der Waals surface area contributed by atoms with E-state index >= 15 is 0 Å². The summed E-state index contributed by atoms with van der Waals surface area (Å²) in [5, 5.41) is 0. The summed E-state index contributed by atoms with van der Waals surface area (Å²) in [6, 6.07) is 6.30. The molecule has 2 heterocycles. The number of nitrogens with zero attached hydrogens (tertiary/aromatic N) is 2. The number of pyridine rings is 1. The summed E-state index contributed by atoms with van der Waals surface area (Å²) in [6.07, 6.45) is 4.28. The number of hydrogen-bond donors (Lipinski definition) is 1. The van der Waals surface area contributed by atoms with Crippen LogP contribution >= 0.6 is 0 Å². The molecule has 3 rings (SSSR count). The molecule has 1 aliphatic heterocycles. The molecule has 27 heavy (non-hydrogen) atoms. The van der Waals surface area contributed by atoms with Gasteiger partial charge in [0.05, 0.1) is 5.56 Å². The van der Waals surface area contributed by atoms with Crippen LogP contribution in [0.2, 0.25) is 0 Å². The van der Waals surface area contributed by atoms with Crippen LogP contribution in [0.5, 0.6) is 0 Å². The van der Waals surface area contributed by atoms with Crippen molar-refractivity contribution in [2.75, 3.05) is 19.6 Å². The first-order valence-corrected chi connectivity index (χ1v) is 10.00. The van der Waals surface area contributed by atoms with Crippen molar-refractivity contribution < 1.29 is 22.0 Å². The molecule has 1 aromatic carbocycles. The highest BCUT2D eigenvalue weighted by atomic mass is 32.2. The molecule has 144 valence electrons. The normalized spacial score (nSPS) is 15.7. The maximum absolute atomic E-state index is 13.7. The number of hydrogen-bond acceptors (Lipinski definition) is 4. The van der Waals surface area contributed by atoms with Crippen LogP contribution in [0.25, 0.3) is 0 Å². The van der Waals surface area contributed by atoms with Crippen LogP contribution in [-0.2, 0) is 10.0 Å². The van der Waals surface area contributed by atoms with Crippen LogP contribution in [0.15, 0.2) is 47.6 Å². The lowest BCUT2D eigenvalue weighted by molar-refractivity contribution is 0.0691. The lowest BCUT2D eigenvalue weighted by Crippen LogP contribution is -2.41. The summed E-state index contributed by atoms with van der Waals surface area (Å²) >= 11 is 0. The van der Waals surface area contributed by atoms with Crippen LogP contribution in [0.4, 0.5) is 8.78 Å². The van der Waals surface area contributed by atoms with Gasteiger partial charge in [0.15, 0.2) is 4.90 Å². The highest BCUT2D eigenvalue weighted by molar-refractivity contribution is 7.89. The molecule has 0 aliphatic carbocycles. The highest BCUT2D eigenvalue weighted by Crippen LogP contribution is 2.21. The van der Waals surface area contributed by atoms with Gasteiger partial charge in [-0.15, -0.1) is 0 Å². The van der Waals surface area contributed by atoms with Gasteiger partial charge >= 0.3 is 0 Å². The minimum atomic E-state index is -4.28. The second kappa shape index (κ2) is 8.10. The first kappa shape index (κ1) is 19.4. The predicted molar refractivity (Wildman–Crippen MR) is 94.4 cm³/mol. The lowest BCUT2D eigenvalue weighted by atomic mass is 9.97. The third-order valence-corrected chi connectivity index (χ3v) is 6.03. The van der Waals surface area contributed by atoms with Crippen LogP contribution in [0.1, 0.15) is 23.2 Å². The van der Waals surface area contributed by atoms with E-state index in [0.717, 1.165) is 18.2 Å². The van der Waals surface area contributed by atoms with E-state index in [0.29, 0.717) is 31.5 Å². The van der Waals surface area contributed by atoms with Crippen LogP contribution < -0.4 is 4.72 Å². The SMILES string of the molecule is O=C(c1cccnc1)N1CCC(CNS(=O)(=O)c2c(F)cccc2F)CC1. The number of sulfonamides is 1. The van der Waals surface area contributed by atoms with E-state index in [-0.39, 0.29) is 18.4 Å². The fourth-order valence-corrected chi connectivity index (χ4v) is 4.30. The number of halogens is 2. The summed E-state index contributed by atoms with van der Waals surface area (Å²) in [5.41, 5.74) is 0.506. The third-order valence-electron chi connectivity index (χ3n) is 4.56. The number of benzene rings is 1. The Balaban J connectivity index is 1.56. The van der Waals surface area contributed by atoms with Gasteiger partial charge in [0.1, 0.15) is 11.6 Å². The minimum Gasteiger partial charge on any atom is -0.339 e. The van der Waals surface area contributed by atoms with E-state index in [1.54, 1.807) is 23.2 Å². The number of likely N-dealkylation sites (tertiary alicyclic amines) is 1. The van der Waals surface area contributed by atoms with Gasteiger partial charge in [-0.25, -0.2) is 21.9 Å². The Morgan fingerprint density at radius 2 is 1.81 bits per heavy atom. The van der Waals surface area contributed by atoms with E-state index in [1.807, 2.05) is 0 Å². The molecule has 0 saturated carbocycles. The molecule has 0 unspecified atom stereocenters. The number of aromatic nitrogens is 1. The standard InChI is InChI=1S/C18H19F2N3O3S/c19-15-4-1-5-16(20)17(15)27(25,26)22-11-13-6-9-23(10-7-13)18(24)14-3-2-8-21-12-14/h1-5,8,12-13,22H,6-7,9-11H2. The van der Waals surface area contributed by atoms with Crippen LogP contribution in [0, 0.1) is 17.6 Å². The smallest absolute Gasteiger partial charge is 0.255 e. The molecule has 0 bridgehead atoms. The van der Waals surface area contributed by atoms with Gasteiger partial charge in [0, 0.05) is 32.0 Å². The fraction of sp³-hybridized carbons (Fsp3) is 0.333. The molecule has 0 spiro atoms. The molecular formula is C18H19F2N3O3S. The summed E-state index contributed by atoms with van der Waals surface area (Å²) in [6.45, 7) is 1.02. The average molecular weight is 395 g/mol. The molecule has 9 heteroatoms. The van der Waals surface area contributed by atoms with E-state index < -0.39 is 26.6 Å². The topological polar surface area (TPSA) is 79.4 Å². The lowest BCUT2D eigenvalue weighted by Gasteiger charge is -2.32. The van der Waals surface area contributed by atoms with Gasteiger partial charge in [-0.1, -0.05) is 6.07 Å². The van der Waals surface area contributed by atoms with Crippen molar-refractivity contribution in [2.45, 2.75) is 17.7 Å². The summed E-state index contributed by atoms with van der Waals surface area (Å²) in [4.78, 5) is 17.0. The molecule has 1 fully saturated rings. The van der Waals surface area contributed by atoms with Crippen molar-refractivity contribution in [1.29, 1.82) is 0 Å². The van der Waals surface area contributed by atoms with Gasteiger partial charge < -0.3 is 4.90 Å². The largest absolute Gasteiger partial charge is 0.339 e. The van der Waals surface area contributed by atoms with Crippen molar-refractivity contribution in [3.8, 4) is 0 Å². The molecule has 6 nitrogen and oxygen atoms in total. The highest BCUT2D eigenvalue weighted by Gasteiger charge is 2.27. The van der Waals surface area contributed by atoms with E-state index in [4.69, 9.17) is 0 Å².